The fourth-order valence-electron chi connectivity index (χ4n) is 2.67. The minimum Gasteiger partial charge on any atom is -0.497 e. The molecule has 4 nitrogen and oxygen atoms in total. The number of nitrogens with zero attached hydrogens (tertiary/aromatic N) is 1. The molecule has 110 valence electrons. The van der Waals surface area contributed by atoms with Gasteiger partial charge in [-0.25, -0.2) is 0 Å². The van der Waals surface area contributed by atoms with Crippen molar-refractivity contribution in [2.24, 2.45) is 5.73 Å². The number of likely N-dealkylation sites (N-methyl/N-ethyl adjacent to an activating group) is 1. The monoisotopic (exact) mass is 293 g/mol. The van der Waals surface area contributed by atoms with Crippen LogP contribution in [0.4, 0.5) is 5.69 Å². The summed E-state index contributed by atoms with van der Waals surface area (Å²) in [5, 5.41) is 3.58. The summed E-state index contributed by atoms with van der Waals surface area (Å²) in [7, 11) is 1.67. The number of likely N-dealkylation sites (tertiary alicyclic amines) is 1. The van der Waals surface area contributed by atoms with Crippen LogP contribution in [0.25, 0.3) is 0 Å². The Morgan fingerprint density at radius 1 is 1.55 bits per heavy atom. The van der Waals surface area contributed by atoms with E-state index in [1.807, 2.05) is 18.2 Å². The minimum atomic E-state index is 0.415. The number of nitrogens with one attached hydrogen (secondary N) is 1. The number of methoxy groups -OCH3 is 1. The van der Waals surface area contributed by atoms with E-state index in [4.69, 9.17) is 22.7 Å². The molecule has 1 aliphatic heterocycles. The fraction of sp³-hybridized carbons (Fsp3) is 0.533. The number of ether oxygens (including phenoxy) is 1. The van der Waals surface area contributed by atoms with Gasteiger partial charge in [0.15, 0.2) is 0 Å². The summed E-state index contributed by atoms with van der Waals surface area (Å²) in [6.45, 7) is 5.55. The lowest BCUT2D eigenvalue weighted by atomic mass is 10.0. The van der Waals surface area contributed by atoms with Gasteiger partial charge in [-0.15, -0.1) is 0 Å². The fourth-order valence-corrected chi connectivity index (χ4v) is 2.84. The van der Waals surface area contributed by atoms with Crippen LogP contribution in [0.2, 0.25) is 0 Å². The molecule has 1 unspecified atom stereocenters. The van der Waals surface area contributed by atoms with Crippen molar-refractivity contribution in [1.29, 1.82) is 0 Å². The van der Waals surface area contributed by atoms with Gasteiger partial charge in [0.05, 0.1) is 7.11 Å². The number of rotatable bonds is 5. The van der Waals surface area contributed by atoms with Crippen LogP contribution < -0.4 is 15.8 Å². The largest absolute Gasteiger partial charge is 0.497 e. The first-order chi connectivity index (χ1) is 9.63. The molecule has 1 aromatic carbocycles. The Bertz CT molecular complexity index is 478. The maximum Gasteiger partial charge on any atom is 0.120 e. The average Bonchev–Trinajstić information content (AvgIpc) is 2.47. The lowest BCUT2D eigenvalue weighted by molar-refractivity contribution is 0.227. The van der Waals surface area contributed by atoms with E-state index in [0.29, 0.717) is 11.0 Å². The molecule has 2 rings (SSSR count). The highest BCUT2D eigenvalue weighted by Gasteiger charge is 2.19. The van der Waals surface area contributed by atoms with Gasteiger partial charge in [-0.3, -0.25) is 0 Å². The zero-order valence-electron chi connectivity index (χ0n) is 12.2. The van der Waals surface area contributed by atoms with Crippen molar-refractivity contribution in [2.45, 2.75) is 25.8 Å². The van der Waals surface area contributed by atoms with E-state index in [9.17, 15) is 0 Å². The lowest BCUT2D eigenvalue weighted by Crippen LogP contribution is -2.42. The second-order valence-electron chi connectivity index (χ2n) is 5.15. The Morgan fingerprint density at radius 2 is 2.35 bits per heavy atom. The normalized spacial score (nSPS) is 19.6. The molecule has 0 spiro atoms. The predicted molar refractivity (Wildman–Crippen MR) is 87.6 cm³/mol. The Hall–Kier alpha value is -1.33. The third-order valence-corrected chi connectivity index (χ3v) is 4.02. The molecule has 0 aliphatic carbocycles. The van der Waals surface area contributed by atoms with Gasteiger partial charge in [0.25, 0.3) is 0 Å². The van der Waals surface area contributed by atoms with Crippen LogP contribution in [0.5, 0.6) is 5.75 Å². The summed E-state index contributed by atoms with van der Waals surface area (Å²) >= 11 is 5.13. The Morgan fingerprint density at radius 3 is 3.00 bits per heavy atom. The number of hydrogen-bond acceptors (Lipinski definition) is 4. The standard InChI is InChI=1S/C15H23N3OS/c1-3-18-8-4-5-11(10-18)17-14-9-12(19-2)6-7-13(14)15(16)20/h6-7,9,11,17H,3-5,8,10H2,1-2H3,(H2,16,20). The van der Waals surface area contributed by atoms with E-state index in [2.05, 4.69) is 17.1 Å². The first kappa shape index (κ1) is 15.1. The highest BCUT2D eigenvalue weighted by Crippen LogP contribution is 2.25. The van der Waals surface area contributed by atoms with Crippen LogP contribution in [0.1, 0.15) is 25.3 Å². The zero-order valence-corrected chi connectivity index (χ0v) is 13.0. The van der Waals surface area contributed by atoms with Crippen molar-refractivity contribution in [1.82, 2.24) is 4.90 Å². The first-order valence-electron chi connectivity index (χ1n) is 7.10. The van der Waals surface area contributed by atoms with E-state index in [1.165, 1.54) is 19.4 Å². The van der Waals surface area contributed by atoms with Crippen molar-refractivity contribution < 1.29 is 4.74 Å². The molecule has 1 heterocycles. The smallest absolute Gasteiger partial charge is 0.120 e. The van der Waals surface area contributed by atoms with Gasteiger partial charge < -0.3 is 20.7 Å². The molecule has 0 aromatic heterocycles. The van der Waals surface area contributed by atoms with E-state index in [0.717, 1.165) is 30.1 Å². The number of piperidine rings is 1. The molecule has 5 heteroatoms. The molecule has 1 atom stereocenters. The van der Waals surface area contributed by atoms with Gasteiger partial charge in [-0.1, -0.05) is 19.1 Å². The average molecular weight is 293 g/mol. The van der Waals surface area contributed by atoms with Crippen LogP contribution in [-0.2, 0) is 0 Å². The van der Waals surface area contributed by atoms with Crippen LogP contribution in [0.3, 0.4) is 0 Å². The maximum atomic E-state index is 5.80. The number of benzene rings is 1. The quantitative estimate of drug-likeness (QED) is 0.815. The van der Waals surface area contributed by atoms with Crippen molar-refractivity contribution in [3.05, 3.63) is 23.8 Å². The minimum absolute atomic E-state index is 0.415. The van der Waals surface area contributed by atoms with Crippen LogP contribution >= 0.6 is 12.2 Å². The molecule has 20 heavy (non-hydrogen) atoms. The molecule has 0 bridgehead atoms. The molecular formula is C15H23N3OS. The third-order valence-electron chi connectivity index (χ3n) is 3.80. The second-order valence-corrected chi connectivity index (χ2v) is 5.59. The van der Waals surface area contributed by atoms with Gasteiger partial charge in [0.1, 0.15) is 10.7 Å². The number of thiocarbonyl (C=S) groups is 1. The molecular weight excluding hydrogens is 270 g/mol. The Kier molecular flexibility index (Phi) is 5.20. The molecule has 1 aliphatic rings. The molecule has 1 saturated heterocycles. The summed E-state index contributed by atoms with van der Waals surface area (Å²) in [4.78, 5) is 2.88. The van der Waals surface area contributed by atoms with E-state index >= 15 is 0 Å². The molecule has 3 N–H and O–H groups in total. The molecule has 1 fully saturated rings. The van der Waals surface area contributed by atoms with Crippen LogP contribution in [0.15, 0.2) is 18.2 Å². The van der Waals surface area contributed by atoms with Crippen molar-refractivity contribution in [3.8, 4) is 5.75 Å². The zero-order chi connectivity index (χ0) is 14.5. The summed E-state index contributed by atoms with van der Waals surface area (Å²) < 4.78 is 5.29. The number of anilines is 1. The SMILES string of the molecule is CCN1CCCC(Nc2cc(OC)ccc2C(N)=S)C1. The van der Waals surface area contributed by atoms with Crippen molar-refractivity contribution in [2.75, 3.05) is 32.1 Å². The molecule has 1 aromatic rings. The van der Waals surface area contributed by atoms with E-state index < -0.39 is 0 Å². The number of nitrogens with two attached hydrogens (primary N) is 1. The highest BCUT2D eigenvalue weighted by molar-refractivity contribution is 7.80. The van der Waals surface area contributed by atoms with E-state index in [-0.39, 0.29) is 0 Å². The predicted octanol–water partition coefficient (Wildman–Crippen LogP) is 2.23. The van der Waals surface area contributed by atoms with Crippen molar-refractivity contribution in [3.63, 3.8) is 0 Å². The Balaban J connectivity index is 2.16. The van der Waals surface area contributed by atoms with Gasteiger partial charge in [-0.2, -0.15) is 0 Å². The Labute approximate surface area is 126 Å². The summed E-state index contributed by atoms with van der Waals surface area (Å²) in [5.41, 5.74) is 7.66. The first-order valence-corrected chi connectivity index (χ1v) is 7.51. The summed E-state index contributed by atoms with van der Waals surface area (Å²) in [6, 6.07) is 6.21. The second kappa shape index (κ2) is 6.90. The van der Waals surface area contributed by atoms with Gasteiger partial charge in [0.2, 0.25) is 0 Å². The van der Waals surface area contributed by atoms with Crippen molar-refractivity contribution >= 4 is 22.9 Å². The summed E-state index contributed by atoms with van der Waals surface area (Å²) in [6.07, 6.45) is 2.39. The highest BCUT2D eigenvalue weighted by atomic mass is 32.1. The number of hydrogen-bond donors (Lipinski definition) is 2. The summed E-state index contributed by atoms with van der Waals surface area (Å²) in [5.74, 6) is 0.815. The van der Waals surface area contributed by atoms with E-state index in [1.54, 1.807) is 7.11 Å². The lowest BCUT2D eigenvalue weighted by Gasteiger charge is -2.33. The van der Waals surface area contributed by atoms with Gasteiger partial charge in [-0.05, 0) is 38.1 Å². The van der Waals surface area contributed by atoms with Gasteiger partial charge in [0, 0.05) is 29.9 Å². The maximum absolute atomic E-state index is 5.80. The van der Waals surface area contributed by atoms with Crippen LogP contribution in [-0.4, -0.2) is 42.7 Å². The van der Waals surface area contributed by atoms with Crippen LogP contribution in [0, 0.1) is 0 Å². The topological polar surface area (TPSA) is 50.5 Å². The molecule has 0 amide bonds. The molecule has 0 saturated carbocycles. The third kappa shape index (κ3) is 3.61. The van der Waals surface area contributed by atoms with Gasteiger partial charge >= 0.3 is 0 Å². The molecule has 0 radical (unpaired) electrons.